The van der Waals surface area contributed by atoms with E-state index < -0.39 is 11.7 Å². The molecule has 5 nitrogen and oxygen atoms in total. The minimum Gasteiger partial charge on any atom is -0.491 e. The average molecular weight is 413 g/mol. The molecule has 0 fully saturated rings. The van der Waals surface area contributed by atoms with Crippen molar-refractivity contribution in [3.05, 3.63) is 77.5 Å². The van der Waals surface area contributed by atoms with E-state index in [2.05, 4.69) is 4.98 Å². The Hall–Kier alpha value is -3.55. The van der Waals surface area contributed by atoms with Gasteiger partial charge in [0.25, 0.3) is 5.91 Å². The lowest BCUT2D eigenvalue weighted by Crippen LogP contribution is -2.32. The molecule has 1 aliphatic heterocycles. The molecule has 0 radical (unpaired) electrons. The Kier molecular flexibility index (Phi) is 5.07. The number of benzene rings is 2. The lowest BCUT2D eigenvalue weighted by Gasteiger charge is -2.20. The first-order valence-electron chi connectivity index (χ1n) is 9.25. The van der Waals surface area contributed by atoms with Crippen LogP contribution in [0.15, 0.2) is 60.8 Å². The van der Waals surface area contributed by atoms with Gasteiger partial charge in [-0.25, -0.2) is 4.98 Å². The van der Waals surface area contributed by atoms with E-state index in [-0.39, 0.29) is 18.0 Å². The second-order valence-electron chi connectivity index (χ2n) is 6.94. The van der Waals surface area contributed by atoms with Crippen molar-refractivity contribution in [1.29, 1.82) is 0 Å². The van der Waals surface area contributed by atoms with Crippen molar-refractivity contribution in [1.82, 2.24) is 9.88 Å². The first kappa shape index (κ1) is 19.8. The molecule has 0 atom stereocenters. The van der Waals surface area contributed by atoms with Crippen LogP contribution in [0.1, 0.15) is 21.5 Å². The summed E-state index contributed by atoms with van der Waals surface area (Å²) < 4.78 is 44.1. The van der Waals surface area contributed by atoms with E-state index >= 15 is 0 Å². The van der Waals surface area contributed by atoms with Crippen LogP contribution < -0.4 is 10.5 Å². The number of hydrogen-bond donors (Lipinski definition) is 1. The van der Waals surface area contributed by atoms with Gasteiger partial charge in [-0.3, -0.25) is 4.79 Å². The molecule has 4 rings (SSSR count). The maximum absolute atomic E-state index is 12.9. The Labute approximate surface area is 170 Å². The molecule has 0 spiro atoms. The van der Waals surface area contributed by atoms with E-state index in [1.807, 2.05) is 24.3 Å². The number of nitrogen functional groups attached to an aromatic ring is 1. The normalized spacial score (nSPS) is 13.9. The van der Waals surface area contributed by atoms with Gasteiger partial charge in [-0.05, 0) is 54.1 Å². The zero-order valence-corrected chi connectivity index (χ0v) is 15.8. The van der Waals surface area contributed by atoms with Gasteiger partial charge in [0.05, 0.1) is 12.1 Å². The molecule has 8 heteroatoms. The van der Waals surface area contributed by atoms with E-state index in [0.717, 1.165) is 28.8 Å². The Bertz CT molecular complexity index is 1060. The second kappa shape index (κ2) is 7.70. The summed E-state index contributed by atoms with van der Waals surface area (Å²) in [5, 5.41) is 0. The third kappa shape index (κ3) is 4.07. The molecule has 1 aliphatic rings. The summed E-state index contributed by atoms with van der Waals surface area (Å²) in [5.74, 6) is 0.745. The molecule has 0 saturated carbocycles. The fourth-order valence-corrected chi connectivity index (χ4v) is 3.31. The second-order valence-corrected chi connectivity index (χ2v) is 6.94. The van der Waals surface area contributed by atoms with E-state index in [1.165, 1.54) is 12.1 Å². The molecule has 0 saturated heterocycles. The van der Waals surface area contributed by atoms with Crippen LogP contribution >= 0.6 is 0 Å². The summed E-state index contributed by atoms with van der Waals surface area (Å²) in [6.45, 7) is 0.904. The van der Waals surface area contributed by atoms with Crippen molar-refractivity contribution in [2.75, 3.05) is 18.9 Å². The number of ether oxygens (including phenoxy) is 1. The highest BCUT2D eigenvalue weighted by Crippen LogP contribution is 2.31. The van der Waals surface area contributed by atoms with Gasteiger partial charge in [0, 0.05) is 29.4 Å². The summed E-state index contributed by atoms with van der Waals surface area (Å²) >= 11 is 0. The van der Waals surface area contributed by atoms with Crippen LogP contribution in [0.25, 0.3) is 11.1 Å². The maximum Gasteiger partial charge on any atom is 0.416 e. The Balaban J connectivity index is 1.58. The minimum atomic E-state index is -4.44. The molecule has 3 aromatic rings. The van der Waals surface area contributed by atoms with Crippen LogP contribution in [0.4, 0.5) is 19.0 Å². The van der Waals surface area contributed by atoms with Crippen LogP contribution in [0, 0.1) is 0 Å². The van der Waals surface area contributed by atoms with Gasteiger partial charge in [-0.2, -0.15) is 13.2 Å². The summed E-state index contributed by atoms with van der Waals surface area (Å²) in [7, 11) is 0. The number of amides is 1. The number of pyridine rings is 1. The molecular formula is C22H18F3N3O2. The number of carbonyl (C=O) groups excluding carboxylic acids is 1. The molecule has 0 bridgehead atoms. The van der Waals surface area contributed by atoms with Crippen molar-refractivity contribution in [2.24, 2.45) is 0 Å². The highest BCUT2D eigenvalue weighted by atomic mass is 19.4. The number of rotatable bonds is 2. The van der Waals surface area contributed by atoms with Crippen LogP contribution in [0.3, 0.4) is 0 Å². The third-order valence-corrected chi connectivity index (χ3v) is 4.91. The van der Waals surface area contributed by atoms with Gasteiger partial charge < -0.3 is 15.4 Å². The van der Waals surface area contributed by atoms with E-state index in [9.17, 15) is 18.0 Å². The standard InChI is InChI=1S/C22H18F3N3O2/c23-22(24,25)18-5-1-14(2-6-18)21(29)28-9-10-30-19-7-3-15(11-17(19)13-28)16-4-8-20(26)27-12-16/h1-8,11-12H,9-10,13H2,(H2,26,27). The smallest absolute Gasteiger partial charge is 0.416 e. The summed E-state index contributed by atoms with van der Waals surface area (Å²) in [5.41, 5.74) is 7.63. The number of nitrogens with two attached hydrogens (primary N) is 1. The van der Waals surface area contributed by atoms with Crippen molar-refractivity contribution in [2.45, 2.75) is 12.7 Å². The summed E-state index contributed by atoms with van der Waals surface area (Å²) in [6, 6.07) is 13.5. The predicted molar refractivity (Wildman–Crippen MR) is 106 cm³/mol. The molecule has 2 heterocycles. The maximum atomic E-state index is 12.9. The number of carbonyl (C=O) groups is 1. The van der Waals surface area contributed by atoms with Gasteiger partial charge in [-0.15, -0.1) is 0 Å². The van der Waals surface area contributed by atoms with Gasteiger partial charge in [0.15, 0.2) is 0 Å². The number of alkyl halides is 3. The topological polar surface area (TPSA) is 68.5 Å². The van der Waals surface area contributed by atoms with Crippen molar-refractivity contribution in [3.63, 3.8) is 0 Å². The van der Waals surface area contributed by atoms with Crippen LogP contribution in [0.5, 0.6) is 5.75 Å². The van der Waals surface area contributed by atoms with Gasteiger partial charge in [0.2, 0.25) is 0 Å². The lowest BCUT2D eigenvalue weighted by atomic mass is 10.0. The molecule has 2 aromatic carbocycles. The van der Waals surface area contributed by atoms with Crippen molar-refractivity contribution < 1.29 is 22.7 Å². The zero-order chi connectivity index (χ0) is 21.3. The molecule has 154 valence electrons. The lowest BCUT2D eigenvalue weighted by molar-refractivity contribution is -0.137. The van der Waals surface area contributed by atoms with E-state index in [0.29, 0.717) is 24.7 Å². The number of fused-ring (bicyclic) bond motifs is 1. The van der Waals surface area contributed by atoms with Gasteiger partial charge in [-0.1, -0.05) is 6.07 Å². The quantitative estimate of drug-likeness (QED) is 0.677. The predicted octanol–water partition coefficient (Wildman–Crippen LogP) is 4.38. The fourth-order valence-electron chi connectivity index (χ4n) is 3.31. The third-order valence-electron chi connectivity index (χ3n) is 4.91. The Morgan fingerprint density at radius 1 is 1.03 bits per heavy atom. The summed E-state index contributed by atoms with van der Waals surface area (Å²) in [4.78, 5) is 18.5. The van der Waals surface area contributed by atoms with Crippen LogP contribution in [-0.2, 0) is 12.7 Å². The number of aromatic nitrogens is 1. The molecule has 1 amide bonds. The van der Waals surface area contributed by atoms with Gasteiger partial charge >= 0.3 is 6.18 Å². The largest absolute Gasteiger partial charge is 0.491 e. The van der Waals surface area contributed by atoms with E-state index in [4.69, 9.17) is 10.5 Å². The molecular weight excluding hydrogens is 395 g/mol. The van der Waals surface area contributed by atoms with Gasteiger partial charge in [0.1, 0.15) is 18.2 Å². The minimum absolute atomic E-state index is 0.199. The number of hydrogen-bond acceptors (Lipinski definition) is 4. The molecule has 0 aliphatic carbocycles. The fraction of sp³-hybridized carbons (Fsp3) is 0.182. The molecule has 0 unspecified atom stereocenters. The van der Waals surface area contributed by atoms with Crippen molar-refractivity contribution in [3.8, 4) is 16.9 Å². The average Bonchev–Trinajstić information content (AvgIpc) is 2.95. The molecule has 1 aromatic heterocycles. The number of halogens is 3. The summed E-state index contributed by atoms with van der Waals surface area (Å²) in [6.07, 6.45) is -2.77. The number of nitrogens with zero attached hydrogens (tertiary/aromatic N) is 2. The Morgan fingerprint density at radius 3 is 2.43 bits per heavy atom. The SMILES string of the molecule is Nc1ccc(-c2ccc3c(c2)CN(C(=O)c2ccc(C(F)(F)F)cc2)CCO3)cn1. The first-order valence-corrected chi connectivity index (χ1v) is 9.25. The zero-order valence-electron chi connectivity index (χ0n) is 15.8. The number of anilines is 1. The molecule has 2 N–H and O–H groups in total. The highest BCUT2D eigenvalue weighted by Gasteiger charge is 2.30. The monoisotopic (exact) mass is 413 g/mol. The van der Waals surface area contributed by atoms with Crippen LogP contribution in [-0.4, -0.2) is 28.9 Å². The Morgan fingerprint density at radius 2 is 1.77 bits per heavy atom. The van der Waals surface area contributed by atoms with E-state index in [1.54, 1.807) is 17.2 Å². The highest BCUT2D eigenvalue weighted by molar-refractivity contribution is 5.94. The first-order chi connectivity index (χ1) is 14.3. The van der Waals surface area contributed by atoms with Crippen LogP contribution in [0.2, 0.25) is 0 Å². The van der Waals surface area contributed by atoms with Crippen molar-refractivity contribution >= 4 is 11.7 Å². The molecule has 30 heavy (non-hydrogen) atoms.